The van der Waals surface area contributed by atoms with Crippen LogP contribution in [0.2, 0.25) is 0 Å². The molecule has 44 heavy (non-hydrogen) atoms. The van der Waals surface area contributed by atoms with Crippen LogP contribution in [0, 0.1) is 27.7 Å². The summed E-state index contributed by atoms with van der Waals surface area (Å²) in [5.41, 5.74) is 11.7. The Bertz CT molecular complexity index is 1330. The molecular formula is C43H64Zr. The summed E-state index contributed by atoms with van der Waals surface area (Å²) >= 11 is 0. The zero-order chi connectivity index (χ0) is 32.8. The summed E-state index contributed by atoms with van der Waals surface area (Å²) in [6.45, 7) is 39.7. The average Bonchev–Trinajstić information content (AvgIpc) is 3.47. The van der Waals surface area contributed by atoms with Gasteiger partial charge in [0.1, 0.15) is 0 Å². The van der Waals surface area contributed by atoms with E-state index < -0.39 is 0 Å². The standard InChI is InChI=1S/C35H46.2C4H9.Zr/c1-19(2)25-15-27-13-23(9)33(31(27)29(17-25)21(5)6)35(11,12)34-24(10)14-28-16-26(20(3)4)18-30(22(7)8)32(28)34;2*1-3-4-2;/h13-22H,1-12H3;2*1,3-4H2,2H3;/q-2;2*-1;+4. The summed E-state index contributed by atoms with van der Waals surface area (Å²) in [5, 5.41) is 5.82. The molecular weight excluding hydrogens is 608 g/mol. The van der Waals surface area contributed by atoms with Crippen LogP contribution in [0.1, 0.15) is 177 Å². The fraction of sp³-hybridized carbons (Fsp3) is 0.535. The van der Waals surface area contributed by atoms with Crippen molar-refractivity contribution in [1.29, 1.82) is 0 Å². The Labute approximate surface area is 292 Å². The molecule has 0 nitrogen and oxygen atoms in total. The summed E-state index contributed by atoms with van der Waals surface area (Å²) in [6, 6.07) is 14.8. The van der Waals surface area contributed by atoms with Crippen LogP contribution < -0.4 is 0 Å². The van der Waals surface area contributed by atoms with Gasteiger partial charge in [0, 0.05) is 0 Å². The topological polar surface area (TPSA) is 0 Å². The number of unbranched alkanes of at least 4 members (excludes halogenated alkanes) is 2. The van der Waals surface area contributed by atoms with Crippen molar-refractivity contribution >= 4 is 21.5 Å². The van der Waals surface area contributed by atoms with E-state index >= 15 is 0 Å². The van der Waals surface area contributed by atoms with Gasteiger partial charge in [-0.3, -0.25) is 0 Å². The van der Waals surface area contributed by atoms with E-state index in [-0.39, 0.29) is 31.6 Å². The molecule has 4 aromatic rings. The maximum absolute atomic E-state index is 3.60. The molecule has 0 bridgehead atoms. The van der Waals surface area contributed by atoms with Crippen LogP contribution in [0.5, 0.6) is 0 Å². The van der Waals surface area contributed by atoms with Crippen molar-refractivity contribution in [3.05, 3.63) is 94.8 Å². The molecule has 0 spiro atoms. The molecule has 4 aromatic carbocycles. The van der Waals surface area contributed by atoms with Crippen LogP contribution in [0.4, 0.5) is 0 Å². The second-order valence-corrected chi connectivity index (χ2v) is 14.5. The van der Waals surface area contributed by atoms with E-state index in [0.717, 1.165) is 12.8 Å². The zero-order valence-electron chi connectivity index (χ0n) is 31.0. The number of benzene rings is 2. The van der Waals surface area contributed by atoms with Crippen LogP contribution in [0.25, 0.3) is 21.5 Å². The maximum Gasteiger partial charge on any atom is 4.00 e. The summed E-state index contributed by atoms with van der Waals surface area (Å²) in [5.74, 6) is 2.05. The molecule has 0 amide bonds. The molecule has 0 saturated carbocycles. The number of hydrogen-bond donors (Lipinski definition) is 0. The summed E-state index contributed by atoms with van der Waals surface area (Å²) in [6.07, 6.45) is 4.56. The minimum absolute atomic E-state index is 0. The largest absolute Gasteiger partial charge is 4.00 e. The van der Waals surface area contributed by atoms with E-state index in [1.165, 1.54) is 78.9 Å². The summed E-state index contributed by atoms with van der Waals surface area (Å²) in [4.78, 5) is 0. The predicted molar refractivity (Wildman–Crippen MR) is 198 cm³/mol. The van der Waals surface area contributed by atoms with Gasteiger partial charge in [-0.15, -0.1) is 68.1 Å². The smallest absolute Gasteiger partial charge is 0.343 e. The molecule has 4 rings (SSSR count). The molecule has 240 valence electrons. The third-order valence-electron chi connectivity index (χ3n) is 9.01. The van der Waals surface area contributed by atoms with Gasteiger partial charge in [-0.2, -0.15) is 12.8 Å². The van der Waals surface area contributed by atoms with Gasteiger partial charge >= 0.3 is 26.2 Å². The van der Waals surface area contributed by atoms with E-state index in [1.807, 2.05) is 0 Å². The minimum atomic E-state index is -0.0936. The second kappa shape index (κ2) is 17.5. The molecule has 0 aliphatic rings. The molecule has 0 aliphatic heterocycles. The fourth-order valence-electron chi connectivity index (χ4n) is 6.55. The van der Waals surface area contributed by atoms with Crippen LogP contribution in [0.3, 0.4) is 0 Å². The summed E-state index contributed by atoms with van der Waals surface area (Å²) in [7, 11) is 0. The molecule has 1 heteroatoms. The molecule has 0 aliphatic carbocycles. The molecule has 0 radical (unpaired) electrons. The van der Waals surface area contributed by atoms with Crippen LogP contribution in [-0.4, -0.2) is 0 Å². The quantitative estimate of drug-likeness (QED) is 0.164. The third kappa shape index (κ3) is 8.87. The predicted octanol–water partition coefficient (Wildman–Crippen LogP) is 14.1. The Morgan fingerprint density at radius 1 is 0.591 bits per heavy atom. The van der Waals surface area contributed by atoms with Crippen molar-refractivity contribution < 1.29 is 26.2 Å². The molecule has 0 atom stereocenters. The molecule has 0 aromatic heterocycles. The van der Waals surface area contributed by atoms with Gasteiger partial charge in [-0.25, -0.2) is 0 Å². The van der Waals surface area contributed by atoms with Gasteiger partial charge < -0.3 is 13.8 Å². The Balaban J connectivity index is 0.000000962. The van der Waals surface area contributed by atoms with Gasteiger partial charge in [0.05, 0.1) is 0 Å². The summed E-state index contributed by atoms with van der Waals surface area (Å²) < 4.78 is 0. The first kappa shape index (κ1) is 40.6. The van der Waals surface area contributed by atoms with Crippen molar-refractivity contribution in [2.45, 2.75) is 152 Å². The third-order valence-corrected chi connectivity index (χ3v) is 9.01. The number of hydrogen-bond acceptors (Lipinski definition) is 0. The fourth-order valence-corrected chi connectivity index (χ4v) is 6.55. The zero-order valence-corrected chi connectivity index (χ0v) is 33.5. The van der Waals surface area contributed by atoms with E-state index in [1.54, 1.807) is 0 Å². The second-order valence-electron chi connectivity index (χ2n) is 14.5. The molecule has 0 heterocycles. The van der Waals surface area contributed by atoms with Crippen molar-refractivity contribution in [2.24, 2.45) is 0 Å². The van der Waals surface area contributed by atoms with Gasteiger partial charge in [0.2, 0.25) is 0 Å². The number of rotatable bonds is 8. The molecule has 0 N–H and O–H groups in total. The van der Waals surface area contributed by atoms with Crippen LogP contribution in [0.15, 0.2) is 36.4 Å². The van der Waals surface area contributed by atoms with E-state index in [4.69, 9.17) is 0 Å². The first-order chi connectivity index (χ1) is 20.1. The SMILES string of the molecule is Cc1[cH-]c2cc(C(C)C)cc(C(C)C)c2c1C(C)(C)c1c(C)[cH-]c2cc(C(C)C)cc(C(C)C)c12.[CH2-]CCC.[CH2-]CCC.[Zr+4]. The van der Waals surface area contributed by atoms with Gasteiger partial charge in [-0.05, 0) is 23.7 Å². The monoisotopic (exact) mass is 670 g/mol. The van der Waals surface area contributed by atoms with Crippen LogP contribution in [-0.2, 0) is 31.6 Å². The Hall–Kier alpha value is -1.46. The average molecular weight is 672 g/mol. The van der Waals surface area contributed by atoms with Crippen molar-refractivity contribution in [2.75, 3.05) is 0 Å². The van der Waals surface area contributed by atoms with Crippen molar-refractivity contribution in [3.63, 3.8) is 0 Å². The maximum atomic E-state index is 3.60. The Morgan fingerprint density at radius 2 is 0.886 bits per heavy atom. The van der Waals surface area contributed by atoms with Gasteiger partial charge in [-0.1, -0.05) is 150 Å². The molecule has 0 fully saturated rings. The Morgan fingerprint density at radius 3 is 1.11 bits per heavy atom. The van der Waals surface area contributed by atoms with Gasteiger partial charge in [0.25, 0.3) is 0 Å². The molecule has 0 unspecified atom stereocenters. The first-order valence-corrected chi connectivity index (χ1v) is 17.2. The normalized spacial score (nSPS) is 11.7. The number of aryl methyl sites for hydroxylation is 2. The number of fused-ring (bicyclic) bond motifs is 2. The van der Waals surface area contributed by atoms with Crippen LogP contribution >= 0.6 is 0 Å². The minimum Gasteiger partial charge on any atom is -0.343 e. The van der Waals surface area contributed by atoms with E-state index in [9.17, 15) is 0 Å². The van der Waals surface area contributed by atoms with Crippen molar-refractivity contribution in [1.82, 2.24) is 0 Å². The van der Waals surface area contributed by atoms with Gasteiger partial charge in [0.15, 0.2) is 0 Å². The first-order valence-electron chi connectivity index (χ1n) is 17.2. The van der Waals surface area contributed by atoms with E-state index in [2.05, 4.69) is 147 Å². The van der Waals surface area contributed by atoms with E-state index in [0.29, 0.717) is 23.7 Å². The molecule has 0 saturated heterocycles. The van der Waals surface area contributed by atoms with Crippen molar-refractivity contribution in [3.8, 4) is 0 Å². The Kier molecular flexibility index (Phi) is 16.1.